The molecule has 0 amide bonds. The molecule has 1 nitrogen and oxygen atoms in total. The molecule has 0 aliphatic heterocycles. The van der Waals surface area contributed by atoms with E-state index in [-0.39, 0.29) is 29.0 Å². The topological polar surface area (TPSA) is 12.0 Å². The third-order valence-electron chi connectivity index (χ3n) is 2.20. The third kappa shape index (κ3) is 8.53. The molecule has 0 aliphatic rings. The molecule has 0 aromatic carbocycles. The lowest BCUT2D eigenvalue weighted by molar-refractivity contribution is -0.0327. The van der Waals surface area contributed by atoms with Crippen LogP contribution in [0.15, 0.2) is 0 Å². The van der Waals surface area contributed by atoms with Crippen molar-refractivity contribution in [3.05, 3.63) is 0 Å². The van der Waals surface area contributed by atoms with Gasteiger partial charge in [-0.05, 0) is 23.6 Å². The quantitative estimate of drug-likeness (QED) is 0.584. The van der Waals surface area contributed by atoms with Crippen LogP contribution in [-0.4, -0.2) is 29.7 Å². The fourth-order valence-corrected chi connectivity index (χ4v) is 2.02. The van der Waals surface area contributed by atoms with Crippen molar-refractivity contribution in [2.24, 2.45) is 5.41 Å². The van der Waals surface area contributed by atoms with Gasteiger partial charge in [-0.3, -0.25) is 0 Å². The highest BCUT2D eigenvalue weighted by molar-refractivity contribution is 8.00. The highest BCUT2D eigenvalue weighted by Crippen LogP contribution is 2.29. The predicted octanol–water partition coefficient (Wildman–Crippen LogP) is 3.87. The Morgan fingerprint density at radius 3 is 2.19 bits per heavy atom. The van der Waals surface area contributed by atoms with E-state index in [1.54, 1.807) is 0 Å². The molecule has 1 unspecified atom stereocenters. The van der Waals surface area contributed by atoms with Crippen LogP contribution in [0.2, 0.25) is 0 Å². The van der Waals surface area contributed by atoms with E-state index >= 15 is 0 Å². The van der Waals surface area contributed by atoms with Crippen LogP contribution >= 0.6 is 23.4 Å². The number of nitrogens with one attached hydrogen (secondary N) is 1. The SMILES string of the molecule is CC(C)(C)C(CCCl)NCCSC(F)(F)F. The molecule has 0 aromatic heterocycles. The summed E-state index contributed by atoms with van der Waals surface area (Å²) < 4.78 is 35.6. The van der Waals surface area contributed by atoms with Crippen molar-refractivity contribution >= 4 is 23.4 Å². The van der Waals surface area contributed by atoms with Gasteiger partial charge in [-0.15, -0.1) is 11.6 Å². The zero-order valence-electron chi connectivity index (χ0n) is 9.83. The molecule has 0 radical (unpaired) electrons. The van der Waals surface area contributed by atoms with Gasteiger partial charge in [0.15, 0.2) is 0 Å². The van der Waals surface area contributed by atoms with E-state index in [9.17, 15) is 13.2 Å². The standard InChI is InChI=1S/C10H19ClF3NS/c1-9(2,3)8(4-5-11)15-6-7-16-10(12,13)14/h8,15H,4-7H2,1-3H3. The fraction of sp³-hybridized carbons (Fsp3) is 1.00. The number of alkyl halides is 4. The summed E-state index contributed by atoms with van der Waals surface area (Å²) in [6, 6.07) is 0.152. The maximum atomic E-state index is 11.9. The number of thioether (sulfide) groups is 1. The van der Waals surface area contributed by atoms with Gasteiger partial charge in [-0.1, -0.05) is 20.8 Å². The Hall–Kier alpha value is 0.390. The van der Waals surface area contributed by atoms with Gasteiger partial charge in [0.05, 0.1) is 0 Å². The molecule has 1 N–H and O–H groups in total. The summed E-state index contributed by atoms with van der Waals surface area (Å²) >= 11 is 5.67. The molecule has 0 bridgehead atoms. The minimum Gasteiger partial charge on any atom is -0.313 e. The van der Waals surface area contributed by atoms with Gasteiger partial charge in [-0.2, -0.15) is 13.2 Å². The molecule has 98 valence electrons. The maximum absolute atomic E-state index is 11.9. The van der Waals surface area contributed by atoms with Gasteiger partial charge in [0.1, 0.15) is 0 Å². The second kappa shape index (κ2) is 6.97. The maximum Gasteiger partial charge on any atom is 0.441 e. The highest BCUT2D eigenvalue weighted by atomic mass is 35.5. The van der Waals surface area contributed by atoms with E-state index in [2.05, 4.69) is 5.32 Å². The first-order chi connectivity index (χ1) is 7.17. The Morgan fingerprint density at radius 1 is 1.25 bits per heavy atom. The van der Waals surface area contributed by atoms with Crippen LogP contribution in [0.5, 0.6) is 0 Å². The van der Waals surface area contributed by atoms with Crippen LogP contribution in [0.1, 0.15) is 27.2 Å². The minimum atomic E-state index is -4.13. The molecule has 0 heterocycles. The van der Waals surface area contributed by atoms with Crippen LogP contribution in [0.4, 0.5) is 13.2 Å². The van der Waals surface area contributed by atoms with E-state index < -0.39 is 5.51 Å². The Labute approximate surface area is 104 Å². The first kappa shape index (κ1) is 16.4. The summed E-state index contributed by atoms with van der Waals surface area (Å²) in [5.74, 6) is 0.555. The summed E-state index contributed by atoms with van der Waals surface area (Å²) in [7, 11) is 0. The molecule has 0 rings (SSSR count). The molecule has 0 fully saturated rings. The van der Waals surface area contributed by atoms with E-state index in [0.29, 0.717) is 12.4 Å². The van der Waals surface area contributed by atoms with Gasteiger partial charge in [0, 0.05) is 24.2 Å². The van der Waals surface area contributed by atoms with Crippen LogP contribution in [0.25, 0.3) is 0 Å². The second-order valence-corrected chi connectivity index (χ2v) is 6.18. The van der Waals surface area contributed by atoms with Crippen molar-refractivity contribution in [3.63, 3.8) is 0 Å². The zero-order chi connectivity index (χ0) is 12.8. The van der Waals surface area contributed by atoms with Crippen LogP contribution < -0.4 is 5.32 Å². The molecular formula is C10H19ClF3NS. The number of hydrogen-bond acceptors (Lipinski definition) is 2. The van der Waals surface area contributed by atoms with Gasteiger partial charge < -0.3 is 5.32 Å². The van der Waals surface area contributed by atoms with Gasteiger partial charge >= 0.3 is 5.51 Å². The third-order valence-corrected chi connectivity index (χ3v) is 3.16. The van der Waals surface area contributed by atoms with Gasteiger partial charge in [0.25, 0.3) is 0 Å². The Morgan fingerprint density at radius 2 is 1.81 bits per heavy atom. The molecule has 0 aromatic rings. The molecular weight excluding hydrogens is 259 g/mol. The smallest absolute Gasteiger partial charge is 0.313 e. The average Bonchev–Trinajstić information content (AvgIpc) is 2.06. The Kier molecular flexibility index (Phi) is 7.14. The number of rotatable bonds is 6. The lowest BCUT2D eigenvalue weighted by Gasteiger charge is -2.31. The monoisotopic (exact) mass is 277 g/mol. The van der Waals surface area contributed by atoms with Crippen molar-refractivity contribution < 1.29 is 13.2 Å². The summed E-state index contributed by atoms with van der Waals surface area (Å²) in [5, 5.41) is 3.13. The largest absolute Gasteiger partial charge is 0.441 e. The molecule has 1 atom stereocenters. The van der Waals surface area contributed by atoms with E-state index in [1.165, 1.54) is 0 Å². The molecule has 16 heavy (non-hydrogen) atoms. The van der Waals surface area contributed by atoms with Gasteiger partial charge in [0.2, 0.25) is 0 Å². The van der Waals surface area contributed by atoms with Crippen LogP contribution in [0.3, 0.4) is 0 Å². The average molecular weight is 278 g/mol. The fourth-order valence-electron chi connectivity index (χ4n) is 1.35. The minimum absolute atomic E-state index is 0.00879. The van der Waals surface area contributed by atoms with Gasteiger partial charge in [-0.25, -0.2) is 0 Å². The Bertz CT molecular complexity index is 191. The van der Waals surface area contributed by atoms with Crippen molar-refractivity contribution in [2.75, 3.05) is 18.2 Å². The highest BCUT2D eigenvalue weighted by Gasteiger charge is 2.28. The van der Waals surface area contributed by atoms with Crippen LogP contribution in [0, 0.1) is 5.41 Å². The van der Waals surface area contributed by atoms with Crippen molar-refractivity contribution in [2.45, 2.75) is 38.7 Å². The summed E-state index contributed by atoms with van der Waals surface area (Å²) in [6.45, 7) is 6.50. The lowest BCUT2D eigenvalue weighted by atomic mass is 9.85. The van der Waals surface area contributed by atoms with Crippen molar-refractivity contribution in [1.29, 1.82) is 0 Å². The lowest BCUT2D eigenvalue weighted by Crippen LogP contribution is -2.41. The van der Waals surface area contributed by atoms with E-state index in [1.807, 2.05) is 20.8 Å². The second-order valence-electron chi connectivity index (χ2n) is 4.64. The first-order valence-electron chi connectivity index (χ1n) is 5.17. The molecule has 0 saturated carbocycles. The molecule has 0 aliphatic carbocycles. The summed E-state index contributed by atoms with van der Waals surface area (Å²) in [6.07, 6.45) is 0.766. The van der Waals surface area contributed by atoms with E-state index in [4.69, 9.17) is 11.6 Å². The molecule has 6 heteroatoms. The number of hydrogen-bond donors (Lipinski definition) is 1. The van der Waals surface area contributed by atoms with Crippen molar-refractivity contribution in [3.8, 4) is 0 Å². The normalized spacial score (nSPS) is 15.2. The van der Waals surface area contributed by atoms with E-state index in [0.717, 1.165) is 6.42 Å². The Balaban J connectivity index is 3.86. The number of halogens is 4. The molecule has 0 saturated heterocycles. The molecule has 0 spiro atoms. The zero-order valence-corrected chi connectivity index (χ0v) is 11.4. The predicted molar refractivity (Wildman–Crippen MR) is 65.1 cm³/mol. The summed E-state index contributed by atoms with van der Waals surface area (Å²) in [5.41, 5.74) is -4.12. The van der Waals surface area contributed by atoms with Crippen molar-refractivity contribution in [1.82, 2.24) is 5.32 Å². The summed E-state index contributed by atoms with van der Waals surface area (Å²) in [4.78, 5) is 0. The van der Waals surface area contributed by atoms with Crippen LogP contribution in [-0.2, 0) is 0 Å². The first-order valence-corrected chi connectivity index (χ1v) is 6.69.